The number of nitrogens with zero attached hydrogens (tertiary/aromatic N) is 1. The standard InChI is InChI=1S/C23H20N4O5/c1-13-6-8-14(9-7-13)32-11-10-25-21(29)15-4-2-3-5-17(15)27-18(28)12-16-19(20(27)24)23(31)26-22(16)30/h2-9,12H,10-11,24H2,1H3,(H,25,29)(H,26,30,31). The van der Waals surface area contributed by atoms with Crippen LogP contribution >= 0.6 is 0 Å². The highest BCUT2D eigenvalue weighted by Gasteiger charge is 2.32. The van der Waals surface area contributed by atoms with Gasteiger partial charge in [0.25, 0.3) is 23.3 Å². The lowest BCUT2D eigenvalue weighted by molar-refractivity contribution is 0.0878. The maximum atomic E-state index is 12.8. The van der Waals surface area contributed by atoms with Crippen LogP contribution < -0.4 is 26.7 Å². The van der Waals surface area contributed by atoms with Gasteiger partial charge in [-0.15, -0.1) is 0 Å². The van der Waals surface area contributed by atoms with Crippen molar-refractivity contribution in [3.63, 3.8) is 0 Å². The number of aromatic nitrogens is 1. The highest BCUT2D eigenvalue weighted by molar-refractivity contribution is 6.23. The van der Waals surface area contributed by atoms with Crippen LogP contribution in [-0.2, 0) is 0 Å². The Labute approximate surface area is 182 Å². The number of amides is 3. The number of nitrogens with one attached hydrogen (secondary N) is 2. The number of anilines is 1. The quantitative estimate of drug-likeness (QED) is 0.399. The minimum atomic E-state index is -0.688. The zero-order chi connectivity index (χ0) is 22.8. The summed E-state index contributed by atoms with van der Waals surface area (Å²) in [5.41, 5.74) is 6.78. The van der Waals surface area contributed by atoms with Crippen molar-refractivity contribution in [1.29, 1.82) is 0 Å². The third-order valence-corrected chi connectivity index (χ3v) is 5.02. The first-order chi connectivity index (χ1) is 15.4. The molecule has 0 atom stereocenters. The molecule has 9 heteroatoms. The zero-order valence-corrected chi connectivity index (χ0v) is 17.2. The molecule has 0 spiro atoms. The van der Waals surface area contributed by atoms with Crippen molar-refractivity contribution >= 4 is 23.5 Å². The number of nitrogen functional groups attached to an aromatic ring is 1. The van der Waals surface area contributed by atoms with Gasteiger partial charge < -0.3 is 15.8 Å². The van der Waals surface area contributed by atoms with Crippen molar-refractivity contribution in [2.45, 2.75) is 6.92 Å². The van der Waals surface area contributed by atoms with Crippen molar-refractivity contribution in [2.24, 2.45) is 0 Å². The molecule has 0 bridgehead atoms. The largest absolute Gasteiger partial charge is 0.492 e. The zero-order valence-electron chi connectivity index (χ0n) is 17.2. The number of nitrogens with two attached hydrogens (primary N) is 1. The van der Waals surface area contributed by atoms with Crippen LogP contribution in [0, 0.1) is 6.92 Å². The van der Waals surface area contributed by atoms with Crippen molar-refractivity contribution < 1.29 is 19.1 Å². The maximum Gasteiger partial charge on any atom is 0.262 e. The van der Waals surface area contributed by atoms with E-state index < -0.39 is 23.3 Å². The molecule has 3 aromatic rings. The van der Waals surface area contributed by atoms with E-state index in [0.29, 0.717) is 5.75 Å². The van der Waals surface area contributed by atoms with Gasteiger partial charge in [0.2, 0.25) is 0 Å². The summed E-state index contributed by atoms with van der Waals surface area (Å²) in [7, 11) is 0. The van der Waals surface area contributed by atoms with Crippen molar-refractivity contribution in [3.05, 3.63) is 87.2 Å². The molecule has 0 fully saturated rings. The van der Waals surface area contributed by atoms with E-state index in [9.17, 15) is 19.2 Å². The molecule has 4 rings (SSSR count). The summed E-state index contributed by atoms with van der Waals surface area (Å²) >= 11 is 0. The van der Waals surface area contributed by atoms with Gasteiger partial charge in [-0.1, -0.05) is 29.8 Å². The first-order valence-corrected chi connectivity index (χ1v) is 9.85. The number of rotatable bonds is 6. The molecule has 0 radical (unpaired) electrons. The van der Waals surface area contributed by atoms with E-state index in [0.717, 1.165) is 16.2 Å². The van der Waals surface area contributed by atoms with Gasteiger partial charge >= 0.3 is 0 Å². The normalized spacial score (nSPS) is 12.3. The van der Waals surface area contributed by atoms with E-state index in [1.165, 1.54) is 12.1 Å². The average Bonchev–Trinajstić information content (AvgIpc) is 3.06. The number of hydrogen-bond acceptors (Lipinski definition) is 6. The number of carbonyl (C=O) groups is 3. The molecule has 162 valence electrons. The van der Waals surface area contributed by atoms with E-state index in [1.807, 2.05) is 31.2 Å². The number of ether oxygens (including phenoxy) is 1. The van der Waals surface area contributed by atoms with Crippen LogP contribution in [0.5, 0.6) is 5.75 Å². The van der Waals surface area contributed by atoms with Gasteiger partial charge in [0.05, 0.1) is 28.9 Å². The fraction of sp³-hybridized carbons (Fsp3) is 0.130. The van der Waals surface area contributed by atoms with E-state index in [-0.39, 0.29) is 41.3 Å². The second-order valence-electron chi connectivity index (χ2n) is 7.21. The minimum absolute atomic E-state index is 0.0797. The molecule has 3 amide bonds. The molecule has 0 saturated carbocycles. The van der Waals surface area contributed by atoms with E-state index in [4.69, 9.17) is 10.5 Å². The molecule has 0 saturated heterocycles. The summed E-state index contributed by atoms with van der Waals surface area (Å²) in [6.45, 7) is 2.46. The first-order valence-electron chi connectivity index (χ1n) is 9.85. The molecule has 1 aromatic heterocycles. The molecule has 1 aliphatic rings. The fourth-order valence-electron chi connectivity index (χ4n) is 3.45. The summed E-state index contributed by atoms with van der Waals surface area (Å²) in [6.07, 6.45) is 0. The Bertz CT molecular complexity index is 1290. The Kier molecular flexibility index (Phi) is 5.46. The van der Waals surface area contributed by atoms with Crippen molar-refractivity contribution in [2.75, 3.05) is 18.9 Å². The number of carbonyl (C=O) groups excluding carboxylic acids is 3. The Morgan fingerprint density at radius 3 is 2.53 bits per heavy atom. The van der Waals surface area contributed by atoms with Crippen LogP contribution in [0.4, 0.5) is 5.82 Å². The van der Waals surface area contributed by atoms with Crippen LogP contribution in [0.15, 0.2) is 59.4 Å². The summed E-state index contributed by atoms with van der Waals surface area (Å²) in [6, 6.07) is 14.9. The average molecular weight is 432 g/mol. The second-order valence-corrected chi connectivity index (χ2v) is 7.21. The van der Waals surface area contributed by atoms with Gasteiger partial charge in [0.1, 0.15) is 18.2 Å². The number of fused-ring (bicyclic) bond motifs is 1. The van der Waals surface area contributed by atoms with E-state index >= 15 is 0 Å². The lowest BCUT2D eigenvalue weighted by Gasteiger charge is -2.15. The molecule has 4 N–H and O–H groups in total. The predicted octanol–water partition coefficient (Wildman–Crippen LogP) is 1.42. The molecule has 2 aromatic carbocycles. The summed E-state index contributed by atoms with van der Waals surface area (Å²) in [5.74, 6) is -1.33. The molecule has 1 aliphatic heterocycles. The smallest absolute Gasteiger partial charge is 0.262 e. The van der Waals surface area contributed by atoms with Crippen molar-refractivity contribution in [1.82, 2.24) is 15.2 Å². The molecule has 9 nitrogen and oxygen atoms in total. The summed E-state index contributed by atoms with van der Waals surface area (Å²) in [5, 5.41) is 4.86. The third kappa shape index (κ3) is 3.83. The van der Waals surface area contributed by atoms with Gasteiger partial charge in [-0.25, -0.2) is 0 Å². The lowest BCUT2D eigenvalue weighted by atomic mass is 10.1. The predicted molar refractivity (Wildman–Crippen MR) is 117 cm³/mol. The first kappa shape index (κ1) is 20.9. The van der Waals surface area contributed by atoms with Crippen LogP contribution in [0.3, 0.4) is 0 Å². The number of hydrogen-bond donors (Lipinski definition) is 3. The highest BCUT2D eigenvalue weighted by Crippen LogP contribution is 2.24. The van der Waals surface area contributed by atoms with Gasteiger partial charge in [-0.3, -0.25) is 29.1 Å². The number of para-hydroxylation sites is 1. The highest BCUT2D eigenvalue weighted by atomic mass is 16.5. The third-order valence-electron chi connectivity index (χ3n) is 5.02. The summed E-state index contributed by atoms with van der Waals surface area (Å²) in [4.78, 5) is 49.5. The molecular formula is C23H20N4O5. The Hall–Kier alpha value is -4.40. The Balaban J connectivity index is 1.56. The molecule has 32 heavy (non-hydrogen) atoms. The molecule has 0 unspecified atom stereocenters. The Morgan fingerprint density at radius 1 is 1.06 bits per heavy atom. The van der Waals surface area contributed by atoms with Crippen LogP contribution in [-0.4, -0.2) is 35.4 Å². The molecule has 2 heterocycles. The Morgan fingerprint density at radius 2 is 1.78 bits per heavy atom. The molecular weight excluding hydrogens is 412 g/mol. The number of aryl methyl sites for hydroxylation is 1. The monoisotopic (exact) mass is 432 g/mol. The van der Waals surface area contributed by atoms with Crippen LogP contribution in [0.25, 0.3) is 5.69 Å². The second kappa shape index (κ2) is 8.38. The lowest BCUT2D eigenvalue weighted by Crippen LogP contribution is -2.31. The topological polar surface area (TPSA) is 133 Å². The van der Waals surface area contributed by atoms with Gasteiger partial charge in [0.15, 0.2) is 0 Å². The van der Waals surface area contributed by atoms with E-state index in [1.54, 1.807) is 12.1 Å². The van der Waals surface area contributed by atoms with Crippen LogP contribution in [0.2, 0.25) is 0 Å². The fourth-order valence-corrected chi connectivity index (χ4v) is 3.45. The maximum absolute atomic E-state index is 12.8. The SMILES string of the molecule is Cc1ccc(OCCNC(=O)c2ccccc2-n2c(N)c3c(cc2=O)C(=O)NC3=O)cc1. The number of benzene rings is 2. The van der Waals surface area contributed by atoms with Gasteiger partial charge in [0, 0.05) is 6.07 Å². The number of imide groups is 1. The van der Waals surface area contributed by atoms with Gasteiger partial charge in [-0.2, -0.15) is 0 Å². The molecule has 0 aliphatic carbocycles. The van der Waals surface area contributed by atoms with E-state index in [2.05, 4.69) is 10.6 Å². The van der Waals surface area contributed by atoms with Gasteiger partial charge in [-0.05, 0) is 31.2 Å². The van der Waals surface area contributed by atoms with Crippen molar-refractivity contribution in [3.8, 4) is 11.4 Å². The van der Waals surface area contributed by atoms with Crippen LogP contribution in [0.1, 0.15) is 36.6 Å². The minimum Gasteiger partial charge on any atom is -0.492 e. The summed E-state index contributed by atoms with van der Waals surface area (Å²) < 4.78 is 6.66. The number of pyridine rings is 1.